The topological polar surface area (TPSA) is 78.2 Å². The molecule has 0 amide bonds. The molecule has 0 aliphatic carbocycles. The zero-order valence-electron chi connectivity index (χ0n) is 10.6. The summed E-state index contributed by atoms with van der Waals surface area (Å²) in [6.45, 7) is 2.17. The largest absolute Gasteiger partial charge is 0.300 e. The molecule has 0 bridgehead atoms. The molecule has 0 unspecified atom stereocenters. The van der Waals surface area contributed by atoms with Gasteiger partial charge in [-0.25, -0.2) is 8.42 Å². The van der Waals surface area contributed by atoms with Crippen molar-refractivity contribution in [2.45, 2.75) is 24.7 Å². The summed E-state index contributed by atoms with van der Waals surface area (Å²) < 4.78 is 26.3. The molecule has 1 aromatic carbocycles. The van der Waals surface area contributed by atoms with E-state index in [2.05, 4.69) is 0 Å². The number of hydrogen-bond acceptors (Lipinski definition) is 4. The van der Waals surface area contributed by atoms with E-state index in [4.69, 9.17) is 5.26 Å². The zero-order valence-corrected chi connectivity index (χ0v) is 11.4. The van der Waals surface area contributed by atoms with Crippen molar-refractivity contribution in [2.75, 3.05) is 13.1 Å². The molecule has 1 saturated heterocycles. The lowest BCUT2D eigenvalue weighted by atomic mass is 10.1. The SMILES string of the molecule is Cc1ccc(C#N)c(S(=O)(=O)N2CCC(=O)CC2)c1. The first-order valence-electron chi connectivity index (χ1n) is 5.98. The Hall–Kier alpha value is -1.71. The molecule has 19 heavy (non-hydrogen) atoms. The monoisotopic (exact) mass is 278 g/mol. The number of benzene rings is 1. The molecule has 0 N–H and O–H groups in total. The van der Waals surface area contributed by atoms with Crippen LogP contribution in [-0.4, -0.2) is 31.6 Å². The molecule has 1 fully saturated rings. The maximum Gasteiger partial charge on any atom is 0.244 e. The Morgan fingerprint density at radius 3 is 2.47 bits per heavy atom. The van der Waals surface area contributed by atoms with Crippen LogP contribution in [0.5, 0.6) is 0 Å². The van der Waals surface area contributed by atoms with Crippen molar-refractivity contribution in [3.8, 4) is 6.07 Å². The average molecular weight is 278 g/mol. The maximum absolute atomic E-state index is 12.5. The highest BCUT2D eigenvalue weighted by Gasteiger charge is 2.30. The Bertz CT molecular complexity index is 649. The van der Waals surface area contributed by atoms with Crippen molar-refractivity contribution in [1.29, 1.82) is 5.26 Å². The van der Waals surface area contributed by atoms with Gasteiger partial charge in [-0.2, -0.15) is 9.57 Å². The molecule has 0 aromatic heterocycles. The van der Waals surface area contributed by atoms with E-state index in [9.17, 15) is 13.2 Å². The average Bonchev–Trinajstić information content (AvgIpc) is 2.39. The van der Waals surface area contributed by atoms with E-state index >= 15 is 0 Å². The van der Waals surface area contributed by atoms with E-state index in [1.807, 2.05) is 6.07 Å². The first-order chi connectivity index (χ1) is 8.95. The van der Waals surface area contributed by atoms with E-state index in [1.54, 1.807) is 13.0 Å². The number of carbonyl (C=O) groups excluding carboxylic acids is 1. The summed E-state index contributed by atoms with van der Waals surface area (Å²) in [5.74, 6) is 0.0798. The van der Waals surface area contributed by atoms with Gasteiger partial charge in [0.05, 0.1) is 5.56 Å². The van der Waals surface area contributed by atoms with Gasteiger partial charge in [0, 0.05) is 25.9 Å². The van der Waals surface area contributed by atoms with Crippen LogP contribution >= 0.6 is 0 Å². The number of carbonyl (C=O) groups is 1. The summed E-state index contributed by atoms with van der Waals surface area (Å²) in [7, 11) is -3.69. The summed E-state index contributed by atoms with van der Waals surface area (Å²) >= 11 is 0. The third-order valence-corrected chi connectivity index (χ3v) is 5.09. The molecule has 100 valence electrons. The minimum absolute atomic E-state index is 0.0318. The smallest absolute Gasteiger partial charge is 0.244 e. The Kier molecular flexibility index (Phi) is 3.69. The van der Waals surface area contributed by atoms with Crippen molar-refractivity contribution in [2.24, 2.45) is 0 Å². The van der Waals surface area contributed by atoms with Gasteiger partial charge in [0.2, 0.25) is 10.0 Å². The number of piperidine rings is 1. The molecule has 6 heteroatoms. The molecule has 0 atom stereocenters. The van der Waals surface area contributed by atoms with Crippen molar-refractivity contribution in [3.63, 3.8) is 0 Å². The molecule has 0 saturated carbocycles. The van der Waals surface area contributed by atoms with Crippen LogP contribution in [0.2, 0.25) is 0 Å². The van der Waals surface area contributed by atoms with Gasteiger partial charge in [-0.1, -0.05) is 6.07 Å². The van der Waals surface area contributed by atoms with Crippen molar-refractivity contribution < 1.29 is 13.2 Å². The highest BCUT2D eigenvalue weighted by Crippen LogP contribution is 2.23. The van der Waals surface area contributed by atoms with Crippen LogP contribution in [0, 0.1) is 18.3 Å². The minimum Gasteiger partial charge on any atom is -0.300 e. The Labute approximate surface area is 112 Å². The standard InChI is InChI=1S/C13H14N2O3S/c1-10-2-3-11(9-14)13(8-10)19(17,18)15-6-4-12(16)5-7-15/h2-3,8H,4-7H2,1H3. The summed E-state index contributed by atoms with van der Waals surface area (Å²) in [5, 5.41) is 9.03. The molecule has 5 nitrogen and oxygen atoms in total. The lowest BCUT2D eigenvalue weighted by molar-refractivity contribution is -0.120. The number of aryl methyl sites for hydroxylation is 1. The second-order valence-electron chi connectivity index (χ2n) is 4.55. The Morgan fingerprint density at radius 1 is 1.26 bits per heavy atom. The number of rotatable bonds is 2. The number of ketones is 1. The predicted octanol–water partition coefficient (Wildman–Crippen LogP) is 1.22. The van der Waals surface area contributed by atoms with Crippen LogP contribution in [0.4, 0.5) is 0 Å². The van der Waals surface area contributed by atoms with Gasteiger partial charge in [0.15, 0.2) is 0 Å². The zero-order chi connectivity index (χ0) is 14.0. The third kappa shape index (κ3) is 2.67. The fraction of sp³-hybridized carbons (Fsp3) is 0.385. The molecule has 2 rings (SSSR count). The van der Waals surface area contributed by atoms with Gasteiger partial charge in [0.1, 0.15) is 16.7 Å². The molecule has 1 aliphatic rings. The lowest BCUT2D eigenvalue weighted by Gasteiger charge is -2.25. The summed E-state index contributed by atoms with van der Waals surface area (Å²) in [5.41, 5.74) is 0.924. The fourth-order valence-corrected chi connectivity index (χ4v) is 3.72. The van der Waals surface area contributed by atoms with Crippen LogP contribution in [0.25, 0.3) is 0 Å². The molecule has 1 aliphatic heterocycles. The Balaban J connectivity index is 2.42. The van der Waals surface area contributed by atoms with Crippen molar-refractivity contribution in [1.82, 2.24) is 4.31 Å². The quantitative estimate of drug-likeness (QED) is 0.815. The van der Waals surface area contributed by atoms with E-state index in [1.165, 1.54) is 16.4 Å². The normalized spacial score (nSPS) is 17.2. The van der Waals surface area contributed by atoms with Crippen LogP contribution in [0.3, 0.4) is 0 Å². The van der Waals surface area contributed by atoms with Crippen LogP contribution in [0.1, 0.15) is 24.0 Å². The molecular weight excluding hydrogens is 264 g/mol. The van der Waals surface area contributed by atoms with E-state index in [0.29, 0.717) is 0 Å². The molecule has 0 spiro atoms. The lowest BCUT2D eigenvalue weighted by Crippen LogP contribution is -2.38. The van der Waals surface area contributed by atoms with E-state index < -0.39 is 10.0 Å². The van der Waals surface area contributed by atoms with Crippen LogP contribution in [-0.2, 0) is 14.8 Å². The third-order valence-electron chi connectivity index (χ3n) is 3.16. The molecule has 0 radical (unpaired) electrons. The second kappa shape index (κ2) is 5.11. The van der Waals surface area contributed by atoms with Gasteiger partial charge >= 0.3 is 0 Å². The molecule has 1 heterocycles. The van der Waals surface area contributed by atoms with E-state index in [0.717, 1.165) is 5.56 Å². The predicted molar refractivity (Wildman–Crippen MR) is 68.9 cm³/mol. The summed E-state index contributed by atoms with van der Waals surface area (Å²) in [6, 6.07) is 6.63. The van der Waals surface area contributed by atoms with Crippen molar-refractivity contribution >= 4 is 15.8 Å². The number of nitriles is 1. The van der Waals surface area contributed by atoms with Crippen LogP contribution in [0.15, 0.2) is 23.1 Å². The van der Waals surface area contributed by atoms with Gasteiger partial charge < -0.3 is 0 Å². The highest BCUT2D eigenvalue weighted by molar-refractivity contribution is 7.89. The number of hydrogen-bond donors (Lipinski definition) is 0. The van der Waals surface area contributed by atoms with Gasteiger partial charge in [-0.15, -0.1) is 0 Å². The number of nitrogens with zero attached hydrogens (tertiary/aromatic N) is 2. The van der Waals surface area contributed by atoms with Gasteiger partial charge in [0.25, 0.3) is 0 Å². The Morgan fingerprint density at radius 2 is 1.89 bits per heavy atom. The number of Topliss-reactive ketones (excluding diaryl/α,β-unsaturated/α-hetero) is 1. The fourth-order valence-electron chi connectivity index (χ4n) is 2.05. The van der Waals surface area contributed by atoms with Crippen molar-refractivity contribution in [3.05, 3.63) is 29.3 Å². The van der Waals surface area contributed by atoms with E-state index in [-0.39, 0.29) is 42.2 Å². The first kappa shape index (κ1) is 13.7. The van der Waals surface area contributed by atoms with Gasteiger partial charge in [-0.3, -0.25) is 4.79 Å². The minimum atomic E-state index is -3.69. The first-order valence-corrected chi connectivity index (χ1v) is 7.42. The number of sulfonamides is 1. The van der Waals surface area contributed by atoms with Crippen LogP contribution < -0.4 is 0 Å². The highest BCUT2D eigenvalue weighted by atomic mass is 32.2. The second-order valence-corrected chi connectivity index (χ2v) is 6.46. The summed E-state index contributed by atoms with van der Waals surface area (Å²) in [6.07, 6.45) is 0.486. The maximum atomic E-state index is 12.5. The van der Waals surface area contributed by atoms with Gasteiger partial charge in [-0.05, 0) is 24.6 Å². The molecular formula is C13H14N2O3S. The summed E-state index contributed by atoms with van der Waals surface area (Å²) in [4.78, 5) is 11.2. The molecule has 1 aromatic rings.